The first-order valence-electron chi connectivity index (χ1n) is 10.6. The fourth-order valence-electron chi connectivity index (χ4n) is 3.68. The number of likely N-dealkylation sites (N-methyl/N-ethyl adjacent to an activating group) is 1. The highest BCUT2D eigenvalue weighted by molar-refractivity contribution is 9.10. The van der Waals surface area contributed by atoms with Gasteiger partial charge in [-0.1, -0.05) is 23.7 Å². The molecule has 0 aliphatic carbocycles. The fraction of sp³-hybridized carbons (Fsp3) is 0.304. The number of rotatable bonds is 6. The van der Waals surface area contributed by atoms with Gasteiger partial charge in [0.25, 0.3) is 0 Å². The number of benzene rings is 2. The van der Waals surface area contributed by atoms with E-state index in [-0.39, 0.29) is 0 Å². The Hall–Kier alpha value is -2.12. The lowest BCUT2D eigenvalue weighted by Crippen LogP contribution is -2.44. The Morgan fingerprint density at radius 1 is 1.03 bits per heavy atom. The van der Waals surface area contributed by atoms with E-state index >= 15 is 0 Å². The molecule has 2 aromatic carbocycles. The van der Waals surface area contributed by atoms with Gasteiger partial charge < -0.3 is 25.0 Å². The number of halogens is 2. The molecule has 0 bridgehead atoms. The first-order chi connectivity index (χ1) is 15.7. The Kier molecular flexibility index (Phi) is 7.29. The molecule has 1 saturated heterocycles. The van der Waals surface area contributed by atoms with Crippen molar-refractivity contribution in [2.45, 2.75) is 0 Å². The van der Waals surface area contributed by atoms with E-state index in [1.165, 1.54) is 5.69 Å². The summed E-state index contributed by atoms with van der Waals surface area (Å²) in [6, 6.07) is 13.7. The molecule has 3 aromatic rings. The summed E-state index contributed by atoms with van der Waals surface area (Å²) in [5, 5.41) is 7.61. The van der Waals surface area contributed by atoms with Crippen LogP contribution in [-0.4, -0.2) is 61.4 Å². The zero-order chi connectivity index (χ0) is 23.6. The van der Waals surface area contributed by atoms with E-state index in [1.54, 1.807) is 19.5 Å². The summed E-state index contributed by atoms with van der Waals surface area (Å²) in [4.78, 5) is 13.6. The van der Waals surface area contributed by atoms with E-state index in [4.69, 9.17) is 11.6 Å². The summed E-state index contributed by atoms with van der Waals surface area (Å²) in [5.74, 6) is 0.851. The van der Waals surface area contributed by atoms with Crippen LogP contribution in [0.25, 0.3) is 0 Å². The maximum Gasteiger partial charge on any atom is 0.229 e. The average Bonchev–Trinajstić information content (AvgIpc) is 2.77. The van der Waals surface area contributed by atoms with E-state index in [9.17, 15) is 4.57 Å². The lowest BCUT2D eigenvalue weighted by atomic mass is 10.2. The second-order valence-corrected chi connectivity index (χ2v) is 12.9. The molecule has 1 aliphatic heterocycles. The van der Waals surface area contributed by atoms with Crippen molar-refractivity contribution in [3.8, 4) is 0 Å². The van der Waals surface area contributed by atoms with Gasteiger partial charge in [0.1, 0.15) is 12.2 Å². The molecule has 7 nitrogen and oxygen atoms in total. The standard InChI is InChI=1S/C23H27BrClN6OP/c1-30-10-12-31(13-11-30)16-8-9-19(17(24)14-16)28-23-26-15-18(25)22(29-23)27-20-6-4-5-7-21(20)33(2,3)32/h4-9,14-15H,10-13H2,1-3H3,(H2,26,27,28,29). The molecular formula is C23H27BrClN6OP. The quantitative estimate of drug-likeness (QED) is 0.400. The molecule has 2 heterocycles. The minimum Gasteiger partial charge on any atom is -0.369 e. The third-order valence-electron chi connectivity index (χ3n) is 5.55. The van der Waals surface area contributed by atoms with Crippen LogP contribution in [0.4, 0.5) is 28.8 Å². The maximum atomic E-state index is 12.7. The first-order valence-corrected chi connectivity index (χ1v) is 14.4. The zero-order valence-corrected chi connectivity index (χ0v) is 22.1. The largest absolute Gasteiger partial charge is 0.369 e. The van der Waals surface area contributed by atoms with Crippen LogP contribution in [0.1, 0.15) is 0 Å². The summed E-state index contributed by atoms with van der Waals surface area (Å²) < 4.78 is 13.6. The van der Waals surface area contributed by atoms with Gasteiger partial charge >= 0.3 is 0 Å². The van der Waals surface area contributed by atoms with Crippen LogP contribution >= 0.6 is 34.7 Å². The number of hydrogen-bond donors (Lipinski definition) is 2. The lowest BCUT2D eigenvalue weighted by Gasteiger charge is -2.34. The number of piperazine rings is 1. The van der Waals surface area contributed by atoms with Crippen molar-refractivity contribution in [3.05, 3.63) is 58.2 Å². The monoisotopic (exact) mass is 548 g/mol. The summed E-state index contributed by atoms with van der Waals surface area (Å²) in [6.45, 7) is 7.61. The molecular weight excluding hydrogens is 523 g/mol. The van der Waals surface area contributed by atoms with Crippen LogP contribution in [0.15, 0.2) is 53.1 Å². The Balaban J connectivity index is 1.54. The normalized spacial score (nSPS) is 14.9. The zero-order valence-electron chi connectivity index (χ0n) is 18.8. The van der Waals surface area contributed by atoms with Gasteiger partial charge in [0.2, 0.25) is 5.95 Å². The van der Waals surface area contributed by atoms with Crippen molar-refractivity contribution in [3.63, 3.8) is 0 Å². The van der Waals surface area contributed by atoms with Crippen LogP contribution in [0.3, 0.4) is 0 Å². The number of aromatic nitrogens is 2. The SMILES string of the molecule is CN1CCN(c2ccc(Nc3ncc(Cl)c(Nc4ccccc4P(C)(C)=O)n3)c(Br)c2)CC1. The van der Waals surface area contributed by atoms with E-state index in [0.29, 0.717) is 16.8 Å². The summed E-state index contributed by atoms with van der Waals surface area (Å²) in [6.07, 6.45) is 1.55. The van der Waals surface area contributed by atoms with Gasteiger partial charge in [0.15, 0.2) is 5.82 Å². The van der Waals surface area contributed by atoms with Crippen molar-refractivity contribution in [1.82, 2.24) is 14.9 Å². The van der Waals surface area contributed by atoms with Gasteiger partial charge in [-0.2, -0.15) is 4.98 Å². The van der Waals surface area contributed by atoms with E-state index in [1.807, 2.05) is 30.3 Å². The van der Waals surface area contributed by atoms with Crippen molar-refractivity contribution in [1.29, 1.82) is 0 Å². The highest BCUT2D eigenvalue weighted by Crippen LogP contribution is 2.39. The van der Waals surface area contributed by atoms with Gasteiger partial charge in [-0.25, -0.2) is 4.98 Å². The smallest absolute Gasteiger partial charge is 0.229 e. The van der Waals surface area contributed by atoms with Crippen LogP contribution in [0.5, 0.6) is 0 Å². The molecule has 0 amide bonds. The number of anilines is 5. The number of nitrogens with one attached hydrogen (secondary N) is 2. The molecule has 0 saturated carbocycles. The molecule has 1 aromatic heterocycles. The maximum absolute atomic E-state index is 12.7. The average molecular weight is 550 g/mol. The number of hydrogen-bond acceptors (Lipinski definition) is 7. The topological polar surface area (TPSA) is 73.4 Å². The molecule has 0 unspecified atom stereocenters. The fourth-order valence-corrected chi connectivity index (χ4v) is 5.44. The van der Waals surface area contributed by atoms with E-state index < -0.39 is 7.14 Å². The van der Waals surface area contributed by atoms with Gasteiger partial charge in [-0.05, 0) is 66.6 Å². The number of para-hydroxylation sites is 1. The molecule has 0 atom stereocenters. The number of nitrogens with zero attached hydrogens (tertiary/aromatic N) is 4. The van der Waals surface area contributed by atoms with Gasteiger partial charge in [0.05, 0.1) is 17.6 Å². The Bertz CT molecular complexity index is 1200. The van der Waals surface area contributed by atoms with Crippen molar-refractivity contribution in [2.75, 3.05) is 62.1 Å². The molecule has 1 fully saturated rings. The second-order valence-electron chi connectivity index (χ2n) is 8.46. The molecule has 1 aliphatic rings. The van der Waals surface area contributed by atoms with E-state index in [0.717, 1.165) is 47.3 Å². The summed E-state index contributed by atoms with van der Waals surface area (Å²) in [7, 11) is -0.329. The van der Waals surface area contributed by atoms with Crippen molar-refractivity contribution >= 4 is 68.8 Å². The molecule has 4 rings (SSSR count). The van der Waals surface area contributed by atoms with Crippen LogP contribution in [0, 0.1) is 0 Å². The highest BCUT2D eigenvalue weighted by atomic mass is 79.9. The Labute approximate surface area is 208 Å². The van der Waals surface area contributed by atoms with Crippen molar-refractivity contribution in [2.24, 2.45) is 0 Å². The highest BCUT2D eigenvalue weighted by Gasteiger charge is 2.18. The molecule has 0 radical (unpaired) electrons. The molecule has 2 N–H and O–H groups in total. The third-order valence-corrected chi connectivity index (χ3v) is 8.03. The third kappa shape index (κ3) is 5.87. The Morgan fingerprint density at radius 2 is 1.76 bits per heavy atom. The summed E-state index contributed by atoms with van der Waals surface area (Å²) >= 11 is 10.0. The van der Waals surface area contributed by atoms with Crippen molar-refractivity contribution < 1.29 is 4.57 Å². The predicted octanol–water partition coefficient (Wildman–Crippen LogP) is 5.38. The molecule has 33 heavy (non-hydrogen) atoms. The minimum absolute atomic E-state index is 0.377. The molecule has 174 valence electrons. The van der Waals surface area contributed by atoms with Crippen LogP contribution in [0.2, 0.25) is 5.02 Å². The molecule has 10 heteroatoms. The van der Waals surface area contributed by atoms with E-state index in [2.05, 4.69) is 65.5 Å². The first kappa shape index (κ1) is 24.0. The summed E-state index contributed by atoms with van der Waals surface area (Å²) in [5.41, 5.74) is 2.75. The van der Waals surface area contributed by atoms with Gasteiger partial charge in [-0.3, -0.25) is 0 Å². The van der Waals surface area contributed by atoms with Gasteiger partial charge in [0, 0.05) is 41.6 Å². The predicted molar refractivity (Wildman–Crippen MR) is 143 cm³/mol. The van der Waals surface area contributed by atoms with Gasteiger partial charge in [-0.15, -0.1) is 0 Å². The van der Waals surface area contributed by atoms with Crippen LogP contribution < -0.4 is 20.8 Å². The van der Waals surface area contributed by atoms with Crippen LogP contribution in [-0.2, 0) is 4.57 Å². The molecule has 0 spiro atoms. The second kappa shape index (κ2) is 10.0. The lowest BCUT2D eigenvalue weighted by molar-refractivity contribution is 0.313. The minimum atomic E-state index is -2.48. The Morgan fingerprint density at radius 3 is 2.45 bits per heavy atom.